The lowest BCUT2D eigenvalue weighted by Gasteiger charge is -2.35. The van der Waals surface area contributed by atoms with Crippen molar-refractivity contribution in [2.24, 2.45) is 5.92 Å². The van der Waals surface area contributed by atoms with Crippen LogP contribution in [0.5, 0.6) is 0 Å². The van der Waals surface area contributed by atoms with E-state index in [0.717, 1.165) is 51.5 Å². The number of aromatic amines is 1. The second-order valence-corrected chi connectivity index (χ2v) is 6.86. The van der Waals surface area contributed by atoms with Crippen LogP contribution in [0.4, 0.5) is 0 Å². The highest BCUT2D eigenvalue weighted by atomic mass is 16.7. The van der Waals surface area contributed by atoms with Crippen molar-refractivity contribution in [3.05, 3.63) is 36.0 Å². The number of hydrogen-bond acceptors (Lipinski definition) is 3. The lowest BCUT2D eigenvalue weighted by Crippen LogP contribution is -2.38. The molecule has 124 valence electrons. The molecule has 4 nitrogen and oxygen atoms in total. The van der Waals surface area contributed by atoms with Gasteiger partial charge in [0.25, 0.3) is 0 Å². The Bertz CT molecular complexity index is 636. The Labute approximate surface area is 137 Å². The van der Waals surface area contributed by atoms with Crippen molar-refractivity contribution in [1.29, 1.82) is 0 Å². The van der Waals surface area contributed by atoms with Crippen LogP contribution in [0, 0.1) is 5.92 Å². The molecule has 23 heavy (non-hydrogen) atoms. The number of H-pyrrole nitrogens is 1. The first kappa shape index (κ1) is 15.2. The SMILES string of the molecule is c1ccc2c(CCNCC3CCC4(CC3)OCCO4)c[nH]c2c1. The van der Waals surface area contributed by atoms with Gasteiger partial charge in [0.05, 0.1) is 13.2 Å². The van der Waals surface area contributed by atoms with E-state index < -0.39 is 0 Å². The van der Waals surface area contributed by atoms with Gasteiger partial charge in [-0.1, -0.05) is 18.2 Å². The number of hydrogen-bond donors (Lipinski definition) is 2. The monoisotopic (exact) mass is 314 g/mol. The molecule has 4 rings (SSSR count). The van der Waals surface area contributed by atoms with Gasteiger partial charge in [0, 0.05) is 29.9 Å². The predicted molar refractivity (Wildman–Crippen MR) is 91.5 cm³/mol. The Morgan fingerprint density at radius 2 is 1.91 bits per heavy atom. The Hall–Kier alpha value is -1.36. The summed E-state index contributed by atoms with van der Waals surface area (Å²) in [5.74, 6) is 0.539. The molecule has 0 atom stereocenters. The van der Waals surface area contributed by atoms with Crippen LogP contribution in [0.2, 0.25) is 0 Å². The number of ether oxygens (including phenoxy) is 2. The maximum absolute atomic E-state index is 5.80. The van der Waals surface area contributed by atoms with Crippen LogP contribution in [0.25, 0.3) is 10.9 Å². The van der Waals surface area contributed by atoms with Gasteiger partial charge < -0.3 is 19.8 Å². The molecule has 1 saturated carbocycles. The van der Waals surface area contributed by atoms with Crippen LogP contribution >= 0.6 is 0 Å². The lowest BCUT2D eigenvalue weighted by atomic mass is 9.85. The zero-order valence-corrected chi connectivity index (χ0v) is 13.6. The third-order valence-electron chi connectivity index (χ3n) is 5.36. The van der Waals surface area contributed by atoms with E-state index >= 15 is 0 Å². The minimum absolute atomic E-state index is 0.222. The summed E-state index contributed by atoms with van der Waals surface area (Å²) in [4.78, 5) is 3.35. The number of fused-ring (bicyclic) bond motifs is 1. The van der Waals surface area contributed by atoms with Crippen molar-refractivity contribution >= 4 is 10.9 Å². The molecule has 0 unspecified atom stereocenters. The molecule has 2 N–H and O–H groups in total. The molecule has 2 fully saturated rings. The third kappa shape index (κ3) is 3.30. The largest absolute Gasteiger partial charge is 0.361 e. The summed E-state index contributed by atoms with van der Waals surface area (Å²) in [7, 11) is 0. The standard InChI is InChI=1S/C19H26N2O2/c1-2-4-18-17(3-1)16(14-21-18)7-10-20-13-15-5-8-19(9-6-15)22-11-12-23-19/h1-4,14-15,20-21H,5-13H2. The van der Waals surface area contributed by atoms with Crippen molar-refractivity contribution in [3.63, 3.8) is 0 Å². The van der Waals surface area contributed by atoms with Gasteiger partial charge in [-0.2, -0.15) is 0 Å². The predicted octanol–water partition coefficient (Wildman–Crippen LogP) is 3.23. The van der Waals surface area contributed by atoms with Crippen LogP contribution in [-0.2, 0) is 15.9 Å². The van der Waals surface area contributed by atoms with Gasteiger partial charge in [-0.05, 0) is 49.9 Å². The fourth-order valence-corrected chi connectivity index (χ4v) is 3.97. The van der Waals surface area contributed by atoms with Gasteiger partial charge in [-0.3, -0.25) is 0 Å². The fraction of sp³-hybridized carbons (Fsp3) is 0.579. The first-order chi connectivity index (χ1) is 11.3. The zero-order chi connectivity index (χ0) is 15.5. The average molecular weight is 314 g/mol. The third-order valence-corrected chi connectivity index (χ3v) is 5.36. The maximum atomic E-state index is 5.80. The summed E-state index contributed by atoms with van der Waals surface area (Å²) < 4.78 is 11.6. The summed E-state index contributed by atoms with van der Waals surface area (Å²) in [5, 5.41) is 4.99. The number of aromatic nitrogens is 1. The van der Waals surface area contributed by atoms with E-state index in [9.17, 15) is 0 Å². The van der Waals surface area contributed by atoms with Gasteiger partial charge >= 0.3 is 0 Å². The average Bonchev–Trinajstić information content (AvgIpc) is 3.21. The van der Waals surface area contributed by atoms with Gasteiger partial charge in [-0.15, -0.1) is 0 Å². The van der Waals surface area contributed by atoms with Gasteiger partial charge in [0.2, 0.25) is 0 Å². The van der Waals surface area contributed by atoms with E-state index in [1.165, 1.54) is 29.3 Å². The zero-order valence-electron chi connectivity index (χ0n) is 13.6. The quantitative estimate of drug-likeness (QED) is 0.833. The maximum Gasteiger partial charge on any atom is 0.168 e. The molecule has 1 aliphatic heterocycles. The van der Waals surface area contributed by atoms with Crippen molar-refractivity contribution in [3.8, 4) is 0 Å². The Morgan fingerprint density at radius 1 is 1.13 bits per heavy atom. The van der Waals surface area contributed by atoms with Crippen molar-refractivity contribution in [2.45, 2.75) is 37.9 Å². The molecule has 2 aliphatic rings. The fourth-order valence-electron chi connectivity index (χ4n) is 3.97. The van der Waals surface area contributed by atoms with E-state index in [4.69, 9.17) is 9.47 Å². The number of para-hydroxylation sites is 1. The Balaban J connectivity index is 1.21. The summed E-state index contributed by atoms with van der Waals surface area (Å²) in [6.07, 6.45) is 7.75. The molecule has 0 radical (unpaired) electrons. The minimum Gasteiger partial charge on any atom is -0.361 e. The summed E-state index contributed by atoms with van der Waals surface area (Å²) >= 11 is 0. The highest BCUT2D eigenvalue weighted by Crippen LogP contribution is 2.37. The van der Waals surface area contributed by atoms with E-state index in [2.05, 4.69) is 40.8 Å². The number of rotatable bonds is 5. The van der Waals surface area contributed by atoms with Crippen LogP contribution in [0.3, 0.4) is 0 Å². The second kappa shape index (κ2) is 6.63. The van der Waals surface area contributed by atoms with Crippen molar-refractivity contribution < 1.29 is 9.47 Å². The molecule has 1 aliphatic carbocycles. The molecule has 0 bridgehead atoms. The number of nitrogens with one attached hydrogen (secondary N) is 2. The topological polar surface area (TPSA) is 46.3 Å². The van der Waals surface area contributed by atoms with Crippen LogP contribution in [0.1, 0.15) is 31.2 Å². The van der Waals surface area contributed by atoms with Crippen molar-refractivity contribution in [1.82, 2.24) is 10.3 Å². The highest BCUT2D eigenvalue weighted by molar-refractivity contribution is 5.83. The molecule has 1 aromatic heterocycles. The molecule has 2 heterocycles. The van der Waals surface area contributed by atoms with E-state index in [-0.39, 0.29) is 5.79 Å². The summed E-state index contributed by atoms with van der Waals surface area (Å²) in [6, 6.07) is 8.52. The molecule has 2 aromatic rings. The molecular weight excluding hydrogens is 288 g/mol. The van der Waals surface area contributed by atoms with Gasteiger partial charge in [0.1, 0.15) is 0 Å². The van der Waals surface area contributed by atoms with Gasteiger partial charge in [0.15, 0.2) is 5.79 Å². The molecule has 4 heteroatoms. The molecule has 1 saturated heterocycles. The Kier molecular flexibility index (Phi) is 4.38. The first-order valence-electron chi connectivity index (χ1n) is 8.88. The Morgan fingerprint density at radius 3 is 2.74 bits per heavy atom. The second-order valence-electron chi connectivity index (χ2n) is 6.86. The van der Waals surface area contributed by atoms with Crippen LogP contribution < -0.4 is 5.32 Å². The van der Waals surface area contributed by atoms with Crippen molar-refractivity contribution in [2.75, 3.05) is 26.3 Å². The normalized spacial score (nSPS) is 21.4. The first-order valence-corrected chi connectivity index (χ1v) is 8.88. The van der Waals surface area contributed by atoms with Crippen LogP contribution in [0.15, 0.2) is 30.5 Å². The van der Waals surface area contributed by atoms with Gasteiger partial charge in [-0.25, -0.2) is 0 Å². The van der Waals surface area contributed by atoms with Crippen LogP contribution in [-0.4, -0.2) is 37.1 Å². The summed E-state index contributed by atoms with van der Waals surface area (Å²) in [6.45, 7) is 3.69. The van der Waals surface area contributed by atoms with E-state index in [0.29, 0.717) is 0 Å². The summed E-state index contributed by atoms with van der Waals surface area (Å²) in [5.41, 5.74) is 2.64. The molecule has 1 spiro atoms. The molecule has 0 amide bonds. The molecule has 1 aromatic carbocycles. The molecular formula is C19H26N2O2. The highest BCUT2D eigenvalue weighted by Gasteiger charge is 2.39. The van der Waals surface area contributed by atoms with E-state index in [1.54, 1.807) is 0 Å². The van der Waals surface area contributed by atoms with E-state index in [1.807, 2.05) is 0 Å². The number of benzene rings is 1. The smallest absolute Gasteiger partial charge is 0.168 e. The lowest BCUT2D eigenvalue weighted by molar-refractivity contribution is -0.182. The minimum atomic E-state index is -0.222.